The van der Waals surface area contributed by atoms with Crippen LogP contribution in [-0.4, -0.2) is 29.4 Å². The minimum atomic E-state index is -1.06. The number of benzene rings is 2. The molecule has 2 rings (SSSR count). The molecule has 140 valence electrons. The van der Waals surface area contributed by atoms with Gasteiger partial charge in [0.2, 0.25) is 0 Å². The van der Waals surface area contributed by atoms with Crippen molar-refractivity contribution in [3.8, 4) is 0 Å². The summed E-state index contributed by atoms with van der Waals surface area (Å²) < 4.78 is 17.9. The van der Waals surface area contributed by atoms with Crippen molar-refractivity contribution in [2.45, 2.75) is 19.8 Å². The first-order chi connectivity index (χ1) is 12.9. The molecule has 0 aliphatic heterocycles. The van der Waals surface area contributed by atoms with E-state index in [4.69, 9.17) is 9.84 Å². The van der Waals surface area contributed by atoms with Gasteiger partial charge in [-0.3, -0.25) is 4.79 Å². The number of carbonyl (C=O) groups excluding carboxylic acids is 2. The predicted octanol–water partition coefficient (Wildman–Crippen LogP) is 3.67. The number of ether oxygens (including phenoxy) is 1. The minimum Gasteiger partial charge on any atom is -0.478 e. The first-order valence-electron chi connectivity index (χ1n) is 8.40. The van der Waals surface area contributed by atoms with Gasteiger partial charge in [0.05, 0.1) is 12.2 Å². The highest BCUT2D eigenvalue weighted by Crippen LogP contribution is 2.15. The van der Waals surface area contributed by atoms with Gasteiger partial charge in [0.25, 0.3) is 0 Å². The Balaban J connectivity index is 2.19. The highest BCUT2D eigenvalue weighted by atomic mass is 19.1. The van der Waals surface area contributed by atoms with Crippen LogP contribution in [0.3, 0.4) is 0 Å². The summed E-state index contributed by atoms with van der Waals surface area (Å²) in [7, 11) is 0. The third-order valence-electron chi connectivity index (χ3n) is 3.82. The quantitative estimate of drug-likeness (QED) is 0.332. The van der Waals surface area contributed by atoms with Crippen LogP contribution < -0.4 is 0 Å². The Labute approximate surface area is 156 Å². The number of Topliss-reactive ketones (excluding diaryl/α,β-unsaturated/α-hetero) is 1. The predicted molar refractivity (Wildman–Crippen MR) is 97.7 cm³/mol. The second-order valence-electron chi connectivity index (χ2n) is 5.76. The van der Waals surface area contributed by atoms with E-state index in [1.807, 2.05) is 0 Å². The average Bonchev–Trinajstić information content (AvgIpc) is 2.66. The monoisotopic (exact) mass is 370 g/mol. The summed E-state index contributed by atoms with van der Waals surface area (Å²) >= 11 is 0. The molecule has 0 radical (unpaired) electrons. The van der Waals surface area contributed by atoms with E-state index in [1.54, 1.807) is 19.1 Å². The summed E-state index contributed by atoms with van der Waals surface area (Å²) in [5.41, 5.74) is 1.28. The average molecular weight is 370 g/mol. The number of aromatic carboxylic acids is 1. The molecule has 6 heteroatoms. The number of halogens is 1. The zero-order valence-electron chi connectivity index (χ0n) is 14.8. The van der Waals surface area contributed by atoms with Gasteiger partial charge in [-0.05, 0) is 54.8 Å². The fourth-order valence-electron chi connectivity index (χ4n) is 2.39. The molecule has 0 saturated carbocycles. The molecule has 0 aromatic heterocycles. The summed E-state index contributed by atoms with van der Waals surface area (Å²) in [4.78, 5) is 35.6. The molecule has 0 unspecified atom stereocenters. The lowest BCUT2D eigenvalue weighted by atomic mass is 10.0. The van der Waals surface area contributed by atoms with Crippen LogP contribution in [0.1, 0.15) is 34.8 Å². The van der Waals surface area contributed by atoms with Crippen LogP contribution in [0.2, 0.25) is 0 Å². The van der Waals surface area contributed by atoms with Crippen molar-refractivity contribution >= 4 is 23.8 Å². The van der Waals surface area contributed by atoms with Crippen LogP contribution in [0, 0.1) is 5.82 Å². The van der Waals surface area contributed by atoms with E-state index in [-0.39, 0.29) is 30.0 Å². The van der Waals surface area contributed by atoms with Gasteiger partial charge >= 0.3 is 11.9 Å². The Morgan fingerprint density at radius 3 is 2.22 bits per heavy atom. The van der Waals surface area contributed by atoms with Crippen LogP contribution in [0.25, 0.3) is 6.08 Å². The second-order valence-corrected chi connectivity index (χ2v) is 5.76. The topological polar surface area (TPSA) is 80.7 Å². The Hall–Kier alpha value is -3.28. The van der Waals surface area contributed by atoms with Gasteiger partial charge in [-0.25, -0.2) is 14.0 Å². The number of carboxylic acids is 1. The van der Waals surface area contributed by atoms with Crippen LogP contribution in [-0.2, 0) is 20.7 Å². The number of aryl methyl sites for hydroxylation is 1. The first-order valence-corrected chi connectivity index (χ1v) is 8.40. The van der Waals surface area contributed by atoms with Crippen molar-refractivity contribution in [1.82, 2.24) is 0 Å². The van der Waals surface area contributed by atoms with E-state index in [2.05, 4.69) is 0 Å². The molecule has 27 heavy (non-hydrogen) atoms. The molecule has 0 aliphatic carbocycles. The summed E-state index contributed by atoms with van der Waals surface area (Å²) in [5.74, 6) is -2.56. The molecular weight excluding hydrogens is 351 g/mol. The first kappa shape index (κ1) is 20.0. The molecule has 0 saturated heterocycles. The Kier molecular flexibility index (Phi) is 7.00. The van der Waals surface area contributed by atoms with Crippen molar-refractivity contribution in [3.05, 3.63) is 76.6 Å². The molecule has 0 spiro atoms. The van der Waals surface area contributed by atoms with Gasteiger partial charge in [-0.1, -0.05) is 24.3 Å². The molecule has 2 aromatic rings. The van der Waals surface area contributed by atoms with Crippen LogP contribution in [0.15, 0.2) is 54.1 Å². The zero-order valence-corrected chi connectivity index (χ0v) is 14.8. The van der Waals surface area contributed by atoms with E-state index in [9.17, 15) is 18.8 Å². The maximum Gasteiger partial charge on any atom is 0.341 e. The van der Waals surface area contributed by atoms with Crippen LogP contribution >= 0.6 is 0 Å². The number of ketones is 1. The highest BCUT2D eigenvalue weighted by Gasteiger charge is 2.19. The van der Waals surface area contributed by atoms with Gasteiger partial charge in [0.15, 0.2) is 5.78 Å². The molecule has 0 atom stereocenters. The molecule has 1 N–H and O–H groups in total. The Morgan fingerprint density at radius 2 is 1.67 bits per heavy atom. The highest BCUT2D eigenvalue weighted by molar-refractivity contribution is 6.20. The van der Waals surface area contributed by atoms with Crippen molar-refractivity contribution in [2.24, 2.45) is 0 Å². The smallest absolute Gasteiger partial charge is 0.341 e. The molecule has 0 bridgehead atoms. The van der Waals surface area contributed by atoms with E-state index in [1.165, 1.54) is 42.5 Å². The van der Waals surface area contributed by atoms with Gasteiger partial charge in [0.1, 0.15) is 11.4 Å². The second kappa shape index (κ2) is 9.43. The van der Waals surface area contributed by atoms with Crippen molar-refractivity contribution < 1.29 is 28.6 Å². The number of carboxylic acid groups (broad SMARTS) is 1. The third-order valence-corrected chi connectivity index (χ3v) is 3.82. The standard InChI is InChI=1S/C21H19FO5/c1-2-27-21(26)18(13-15-3-8-16(9-4-15)20(24)25)19(23)12-7-14-5-10-17(22)11-6-14/h3-6,8-11,13H,2,7,12H2,1H3,(H,24,25)/b18-13+. The molecule has 0 fully saturated rings. The lowest BCUT2D eigenvalue weighted by Crippen LogP contribution is -2.16. The normalized spacial score (nSPS) is 11.1. The molecular formula is C21H19FO5. The molecule has 0 aliphatic rings. The molecule has 2 aromatic carbocycles. The Morgan fingerprint density at radius 1 is 1.04 bits per heavy atom. The molecule has 0 heterocycles. The van der Waals surface area contributed by atoms with Gasteiger partial charge in [-0.15, -0.1) is 0 Å². The van der Waals surface area contributed by atoms with E-state index in [0.717, 1.165) is 5.56 Å². The maximum atomic E-state index is 13.0. The minimum absolute atomic E-state index is 0.0590. The summed E-state index contributed by atoms with van der Waals surface area (Å²) in [6.07, 6.45) is 1.80. The van der Waals surface area contributed by atoms with E-state index in [0.29, 0.717) is 12.0 Å². The summed E-state index contributed by atoms with van der Waals surface area (Å²) in [6, 6.07) is 11.6. The number of rotatable bonds is 8. The van der Waals surface area contributed by atoms with Crippen molar-refractivity contribution in [3.63, 3.8) is 0 Å². The summed E-state index contributed by atoms with van der Waals surface area (Å²) in [5, 5.41) is 8.93. The fraction of sp³-hybridized carbons (Fsp3) is 0.190. The number of hydrogen-bond acceptors (Lipinski definition) is 4. The van der Waals surface area contributed by atoms with E-state index >= 15 is 0 Å². The zero-order chi connectivity index (χ0) is 19.8. The maximum absolute atomic E-state index is 13.0. The number of esters is 1. The number of hydrogen-bond donors (Lipinski definition) is 1. The van der Waals surface area contributed by atoms with Crippen LogP contribution in [0.5, 0.6) is 0 Å². The van der Waals surface area contributed by atoms with Gasteiger partial charge < -0.3 is 9.84 Å². The fourth-order valence-corrected chi connectivity index (χ4v) is 2.39. The van der Waals surface area contributed by atoms with Crippen LogP contribution in [0.4, 0.5) is 4.39 Å². The largest absolute Gasteiger partial charge is 0.478 e. The lowest BCUT2D eigenvalue weighted by Gasteiger charge is -2.07. The lowest BCUT2D eigenvalue weighted by molar-refractivity contribution is -0.139. The van der Waals surface area contributed by atoms with E-state index < -0.39 is 17.7 Å². The third kappa shape index (κ3) is 5.88. The van der Waals surface area contributed by atoms with Crippen molar-refractivity contribution in [2.75, 3.05) is 6.61 Å². The van der Waals surface area contributed by atoms with Gasteiger partial charge in [0, 0.05) is 6.42 Å². The number of carbonyl (C=O) groups is 3. The SMILES string of the molecule is CCOC(=O)/C(=C/c1ccc(C(=O)O)cc1)C(=O)CCc1ccc(F)cc1. The Bertz CT molecular complexity index is 851. The van der Waals surface area contributed by atoms with Gasteiger partial charge in [-0.2, -0.15) is 0 Å². The summed E-state index contributed by atoms with van der Waals surface area (Å²) in [6.45, 7) is 1.76. The molecule has 0 amide bonds. The molecule has 5 nitrogen and oxygen atoms in total. The van der Waals surface area contributed by atoms with Crippen molar-refractivity contribution in [1.29, 1.82) is 0 Å².